The molecule has 0 saturated heterocycles. The molecule has 68 valence electrons. The minimum absolute atomic E-state index is 0.00463. The van der Waals surface area contributed by atoms with Crippen molar-refractivity contribution < 1.29 is 9.50 Å². The van der Waals surface area contributed by atoms with Crippen LogP contribution in [-0.4, -0.2) is 18.7 Å². The average Bonchev–Trinajstić information content (AvgIpc) is 2.11. The lowest BCUT2D eigenvalue weighted by Gasteiger charge is -1.95. The van der Waals surface area contributed by atoms with Crippen LogP contribution in [0.25, 0.3) is 0 Å². The van der Waals surface area contributed by atoms with E-state index in [1.54, 1.807) is 7.05 Å². The van der Waals surface area contributed by atoms with Crippen LogP contribution in [0.15, 0.2) is 18.2 Å². The zero-order chi connectivity index (χ0) is 9.68. The number of hydrogen-bond acceptors (Lipinski definition) is 2. The lowest BCUT2D eigenvalue weighted by Crippen LogP contribution is -2.04. The first-order valence-corrected chi connectivity index (χ1v) is 3.86. The van der Waals surface area contributed by atoms with Gasteiger partial charge in [-0.3, -0.25) is 0 Å². The van der Waals surface area contributed by atoms with Crippen molar-refractivity contribution in [2.45, 2.75) is 0 Å². The van der Waals surface area contributed by atoms with Crippen molar-refractivity contribution >= 4 is 0 Å². The summed E-state index contributed by atoms with van der Waals surface area (Å²) in [6, 6.07) is 3.69. The lowest BCUT2D eigenvalue weighted by atomic mass is 10.2. The largest absolute Gasteiger partial charge is 0.507 e. The van der Waals surface area contributed by atoms with Gasteiger partial charge in [0.1, 0.15) is 11.6 Å². The van der Waals surface area contributed by atoms with Gasteiger partial charge >= 0.3 is 0 Å². The Morgan fingerprint density at radius 2 is 2.31 bits per heavy atom. The van der Waals surface area contributed by atoms with Crippen LogP contribution in [0.3, 0.4) is 0 Å². The highest BCUT2D eigenvalue weighted by Gasteiger charge is 1.98. The highest BCUT2D eigenvalue weighted by molar-refractivity contribution is 5.45. The molecule has 1 aromatic rings. The van der Waals surface area contributed by atoms with Gasteiger partial charge in [-0.2, -0.15) is 0 Å². The number of benzene rings is 1. The van der Waals surface area contributed by atoms with E-state index in [9.17, 15) is 9.50 Å². The van der Waals surface area contributed by atoms with Crippen molar-refractivity contribution in [1.82, 2.24) is 5.32 Å². The summed E-state index contributed by atoms with van der Waals surface area (Å²) < 4.78 is 12.7. The molecule has 0 aliphatic carbocycles. The smallest absolute Gasteiger partial charge is 0.131 e. The molecule has 1 aromatic carbocycles. The lowest BCUT2D eigenvalue weighted by molar-refractivity contribution is 0.471. The van der Waals surface area contributed by atoms with Gasteiger partial charge in [-0.05, 0) is 25.2 Å². The molecule has 1 rings (SSSR count). The summed E-state index contributed by atoms with van der Waals surface area (Å²) in [7, 11) is 1.76. The number of nitrogens with one attached hydrogen (secondary N) is 1. The molecular weight excluding hydrogens is 169 g/mol. The monoisotopic (exact) mass is 179 g/mol. The molecule has 0 heterocycles. The van der Waals surface area contributed by atoms with Gasteiger partial charge in [0.25, 0.3) is 0 Å². The van der Waals surface area contributed by atoms with E-state index in [0.717, 1.165) is 0 Å². The van der Waals surface area contributed by atoms with Crippen LogP contribution in [0.5, 0.6) is 5.75 Å². The molecule has 3 heteroatoms. The molecule has 0 unspecified atom stereocenters. The van der Waals surface area contributed by atoms with Crippen LogP contribution in [0.1, 0.15) is 5.56 Å². The van der Waals surface area contributed by atoms with Gasteiger partial charge in [0, 0.05) is 0 Å². The maximum Gasteiger partial charge on any atom is 0.131 e. The predicted molar refractivity (Wildman–Crippen MR) is 48.9 cm³/mol. The Kier molecular flexibility index (Phi) is 3.30. The summed E-state index contributed by atoms with van der Waals surface area (Å²) in [6.07, 6.45) is 0. The number of halogens is 1. The number of hydrogen-bond donors (Lipinski definition) is 2. The van der Waals surface area contributed by atoms with Crippen LogP contribution < -0.4 is 5.32 Å². The number of phenolic OH excluding ortho intramolecular Hbond substituents is 1. The van der Waals surface area contributed by atoms with Gasteiger partial charge in [0.15, 0.2) is 0 Å². The minimum Gasteiger partial charge on any atom is -0.507 e. The van der Waals surface area contributed by atoms with E-state index in [1.165, 1.54) is 18.2 Å². The third-order valence-corrected chi connectivity index (χ3v) is 1.45. The second-order valence-corrected chi connectivity index (χ2v) is 2.49. The fourth-order valence-electron chi connectivity index (χ4n) is 0.836. The van der Waals surface area contributed by atoms with Crippen LogP contribution >= 0.6 is 0 Å². The summed E-state index contributed by atoms with van der Waals surface area (Å²) in [4.78, 5) is 0. The quantitative estimate of drug-likeness (QED) is 0.633. The molecule has 0 aliphatic heterocycles. The van der Waals surface area contributed by atoms with Crippen molar-refractivity contribution in [2.75, 3.05) is 13.6 Å². The average molecular weight is 179 g/mol. The van der Waals surface area contributed by atoms with Crippen molar-refractivity contribution in [3.05, 3.63) is 29.6 Å². The molecule has 2 N–H and O–H groups in total. The van der Waals surface area contributed by atoms with Crippen LogP contribution in [0.2, 0.25) is 0 Å². The van der Waals surface area contributed by atoms with Crippen molar-refractivity contribution in [3.8, 4) is 17.6 Å². The number of rotatable bonds is 1. The van der Waals surface area contributed by atoms with E-state index >= 15 is 0 Å². The fourth-order valence-corrected chi connectivity index (χ4v) is 0.836. The SMILES string of the molecule is CNCC#Cc1cc(F)ccc1O. The van der Waals surface area contributed by atoms with Gasteiger partial charge < -0.3 is 10.4 Å². The first-order chi connectivity index (χ1) is 6.24. The molecule has 13 heavy (non-hydrogen) atoms. The van der Waals surface area contributed by atoms with Crippen molar-refractivity contribution in [2.24, 2.45) is 0 Å². The van der Waals surface area contributed by atoms with Gasteiger partial charge in [0.2, 0.25) is 0 Å². The highest BCUT2D eigenvalue weighted by Crippen LogP contribution is 2.15. The molecule has 0 aromatic heterocycles. The standard InChI is InChI=1S/C10H10FNO/c1-12-6-2-3-8-7-9(11)4-5-10(8)13/h4-5,7,12-13H,6H2,1H3. The fraction of sp³-hybridized carbons (Fsp3) is 0.200. The third kappa shape index (κ3) is 2.77. The molecule has 0 radical (unpaired) electrons. The second kappa shape index (κ2) is 4.48. The Hall–Kier alpha value is -1.53. The van der Waals surface area contributed by atoms with Crippen LogP contribution in [0.4, 0.5) is 4.39 Å². The Bertz CT molecular complexity index is 352. The molecule has 0 bridgehead atoms. The normalized spacial score (nSPS) is 9.08. The summed E-state index contributed by atoms with van der Waals surface area (Å²) >= 11 is 0. The van der Waals surface area contributed by atoms with E-state index in [2.05, 4.69) is 17.2 Å². The van der Waals surface area contributed by atoms with Crippen LogP contribution in [-0.2, 0) is 0 Å². The zero-order valence-electron chi connectivity index (χ0n) is 7.26. The zero-order valence-corrected chi connectivity index (χ0v) is 7.26. The maximum absolute atomic E-state index is 12.7. The van der Waals surface area contributed by atoms with Crippen molar-refractivity contribution in [1.29, 1.82) is 0 Å². The molecule has 0 amide bonds. The molecule has 0 aliphatic rings. The second-order valence-electron chi connectivity index (χ2n) is 2.49. The van der Waals surface area contributed by atoms with E-state index in [1.807, 2.05) is 0 Å². The Morgan fingerprint density at radius 1 is 1.54 bits per heavy atom. The van der Waals surface area contributed by atoms with E-state index < -0.39 is 5.82 Å². The number of aromatic hydroxyl groups is 1. The van der Waals surface area contributed by atoms with Gasteiger partial charge in [0.05, 0.1) is 12.1 Å². The highest BCUT2D eigenvalue weighted by atomic mass is 19.1. The molecular formula is C10H10FNO. The Labute approximate surface area is 76.4 Å². The van der Waals surface area contributed by atoms with Crippen molar-refractivity contribution in [3.63, 3.8) is 0 Å². The molecule has 0 atom stereocenters. The summed E-state index contributed by atoms with van der Waals surface area (Å²) in [6.45, 7) is 0.510. The minimum atomic E-state index is -0.397. The van der Waals surface area contributed by atoms with Gasteiger partial charge in [-0.25, -0.2) is 4.39 Å². The van der Waals surface area contributed by atoms with Gasteiger partial charge in [-0.15, -0.1) is 0 Å². The van der Waals surface area contributed by atoms with Crippen LogP contribution in [0, 0.1) is 17.7 Å². The Balaban J connectivity index is 2.89. The molecule has 0 saturated carbocycles. The van der Waals surface area contributed by atoms with E-state index in [0.29, 0.717) is 12.1 Å². The third-order valence-electron chi connectivity index (χ3n) is 1.45. The summed E-state index contributed by atoms with van der Waals surface area (Å²) in [5.74, 6) is 4.99. The number of phenols is 1. The summed E-state index contributed by atoms with van der Waals surface area (Å²) in [5, 5.41) is 12.1. The predicted octanol–water partition coefficient (Wildman–Crippen LogP) is 1.10. The molecule has 0 fully saturated rings. The summed E-state index contributed by atoms with van der Waals surface area (Å²) in [5.41, 5.74) is 0.315. The van der Waals surface area contributed by atoms with E-state index in [-0.39, 0.29) is 5.75 Å². The molecule has 0 spiro atoms. The van der Waals surface area contributed by atoms with Gasteiger partial charge in [-0.1, -0.05) is 11.8 Å². The maximum atomic E-state index is 12.7. The topological polar surface area (TPSA) is 32.3 Å². The first kappa shape index (κ1) is 9.56. The Morgan fingerprint density at radius 3 is 3.00 bits per heavy atom. The first-order valence-electron chi connectivity index (χ1n) is 3.86. The van der Waals surface area contributed by atoms with E-state index in [4.69, 9.17) is 0 Å². The molecule has 2 nitrogen and oxygen atoms in total.